The molecule has 0 bridgehead atoms. The Labute approximate surface area is 109 Å². The van der Waals surface area contributed by atoms with Crippen LogP contribution in [0.1, 0.15) is 32.8 Å². The van der Waals surface area contributed by atoms with Crippen molar-refractivity contribution in [3.8, 4) is 0 Å². The molecular formula is C14H23NOS. The summed E-state index contributed by atoms with van der Waals surface area (Å²) >= 11 is 1.77. The summed E-state index contributed by atoms with van der Waals surface area (Å²) in [5.74, 6) is 0.910. The predicted molar refractivity (Wildman–Crippen MR) is 75.5 cm³/mol. The van der Waals surface area contributed by atoms with Gasteiger partial charge in [0.05, 0.1) is 6.10 Å². The van der Waals surface area contributed by atoms with Gasteiger partial charge in [-0.25, -0.2) is 0 Å². The number of nitrogens with two attached hydrogens (primary N) is 1. The van der Waals surface area contributed by atoms with Gasteiger partial charge in [0.1, 0.15) is 0 Å². The lowest BCUT2D eigenvalue weighted by Crippen LogP contribution is -2.19. The SMILES string of the molecule is CC(C)(C)c1ccc(SCCC(O)CN)cc1. The van der Waals surface area contributed by atoms with Crippen LogP contribution in [0.15, 0.2) is 29.2 Å². The Bertz CT molecular complexity index is 329. The van der Waals surface area contributed by atoms with E-state index < -0.39 is 0 Å². The first-order valence-corrected chi connectivity index (χ1v) is 7.03. The van der Waals surface area contributed by atoms with Gasteiger partial charge >= 0.3 is 0 Å². The van der Waals surface area contributed by atoms with Crippen molar-refractivity contribution in [3.05, 3.63) is 29.8 Å². The molecule has 17 heavy (non-hydrogen) atoms. The predicted octanol–water partition coefficient (Wildman–Crippen LogP) is 2.79. The molecule has 0 aromatic heterocycles. The zero-order chi connectivity index (χ0) is 12.9. The summed E-state index contributed by atoms with van der Waals surface area (Å²) in [6.45, 7) is 7.00. The summed E-state index contributed by atoms with van der Waals surface area (Å²) in [6, 6.07) is 8.67. The third kappa shape index (κ3) is 5.11. The van der Waals surface area contributed by atoms with Gasteiger partial charge in [-0.05, 0) is 29.5 Å². The molecule has 3 N–H and O–H groups in total. The van der Waals surface area contributed by atoms with Crippen molar-refractivity contribution in [1.29, 1.82) is 0 Å². The van der Waals surface area contributed by atoms with E-state index in [4.69, 9.17) is 5.73 Å². The second-order valence-corrected chi connectivity index (χ2v) is 6.47. The minimum atomic E-state index is -0.364. The van der Waals surface area contributed by atoms with Gasteiger partial charge < -0.3 is 10.8 Å². The van der Waals surface area contributed by atoms with Crippen molar-refractivity contribution >= 4 is 11.8 Å². The van der Waals surface area contributed by atoms with Gasteiger partial charge in [-0.15, -0.1) is 11.8 Å². The zero-order valence-electron chi connectivity index (χ0n) is 10.9. The molecule has 0 heterocycles. The highest BCUT2D eigenvalue weighted by atomic mass is 32.2. The largest absolute Gasteiger partial charge is 0.392 e. The number of benzene rings is 1. The van der Waals surface area contributed by atoms with Gasteiger partial charge in [0.15, 0.2) is 0 Å². The summed E-state index contributed by atoms with van der Waals surface area (Å²) in [6.07, 6.45) is 0.388. The van der Waals surface area contributed by atoms with Gasteiger partial charge in [-0.2, -0.15) is 0 Å². The molecule has 0 saturated carbocycles. The molecule has 2 nitrogen and oxygen atoms in total. The molecule has 0 aliphatic heterocycles. The van der Waals surface area contributed by atoms with E-state index in [0.717, 1.165) is 12.2 Å². The first-order valence-electron chi connectivity index (χ1n) is 6.05. The Kier molecular flexibility index (Phi) is 5.50. The maximum absolute atomic E-state index is 9.35. The lowest BCUT2D eigenvalue weighted by atomic mass is 9.87. The molecule has 1 atom stereocenters. The van der Waals surface area contributed by atoms with Crippen molar-refractivity contribution < 1.29 is 5.11 Å². The monoisotopic (exact) mass is 253 g/mol. The second-order valence-electron chi connectivity index (χ2n) is 5.30. The third-order valence-electron chi connectivity index (χ3n) is 2.71. The van der Waals surface area contributed by atoms with E-state index in [1.54, 1.807) is 11.8 Å². The Morgan fingerprint density at radius 3 is 2.29 bits per heavy atom. The smallest absolute Gasteiger partial charge is 0.0670 e. The molecule has 0 fully saturated rings. The molecule has 3 heteroatoms. The molecule has 1 aromatic rings. The molecule has 96 valence electrons. The third-order valence-corrected chi connectivity index (χ3v) is 3.76. The van der Waals surface area contributed by atoms with Crippen LogP contribution in [-0.4, -0.2) is 23.5 Å². The number of aliphatic hydroxyl groups is 1. The Morgan fingerprint density at radius 2 is 1.82 bits per heavy atom. The summed E-state index contributed by atoms with van der Waals surface area (Å²) in [7, 11) is 0. The number of rotatable bonds is 5. The topological polar surface area (TPSA) is 46.2 Å². The van der Waals surface area contributed by atoms with Gasteiger partial charge in [0.25, 0.3) is 0 Å². The van der Waals surface area contributed by atoms with Crippen LogP contribution >= 0.6 is 11.8 Å². The maximum Gasteiger partial charge on any atom is 0.0670 e. The van der Waals surface area contributed by atoms with Gasteiger partial charge in [0, 0.05) is 17.2 Å². The quantitative estimate of drug-likeness (QED) is 0.793. The molecule has 1 unspecified atom stereocenters. The van der Waals surface area contributed by atoms with Gasteiger partial charge in [0.2, 0.25) is 0 Å². The minimum Gasteiger partial charge on any atom is -0.392 e. The van der Waals surface area contributed by atoms with Crippen LogP contribution in [0.4, 0.5) is 0 Å². The standard InChI is InChI=1S/C14H23NOS/c1-14(2,3)11-4-6-13(7-5-11)17-9-8-12(16)10-15/h4-7,12,16H,8-10,15H2,1-3H3. The molecule has 1 aromatic carbocycles. The van der Waals surface area contributed by atoms with Crippen molar-refractivity contribution in [2.45, 2.75) is 43.6 Å². The Balaban J connectivity index is 2.46. The Morgan fingerprint density at radius 1 is 1.24 bits per heavy atom. The second kappa shape index (κ2) is 6.43. The first-order chi connectivity index (χ1) is 7.93. The molecule has 0 saturated heterocycles. The average Bonchev–Trinajstić information content (AvgIpc) is 2.28. The van der Waals surface area contributed by atoms with Crippen LogP contribution in [0, 0.1) is 0 Å². The normalized spacial score (nSPS) is 13.7. The minimum absolute atomic E-state index is 0.207. The molecular weight excluding hydrogens is 230 g/mol. The van der Waals surface area contributed by atoms with Crippen LogP contribution in [0.3, 0.4) is 0 Å². The number of hydrogen-bond donors (Lipinski definition) is 2. The molecule has 0 aliphatic rings. The molecule has 0 radical (unpaired) electrons. The lowest BCUT2D eigenvalue weighted by molar-refractivity contribution is 0.180. The van der Waals surface area contributed by atoms with Crippen molar-refractivity contribution in [2.24, 2.45) is 5.73 Å². The highest BCUT2D eigenvalue weighted by Crippen LogP contribution is 2.25. The molecule has 0 spiro atoms. The summed E-state index contributed by atoms with van der Waals surface area (Å²) in [4.78, 5) is 1.25. The number of hydrogen-bond acceptors (Lipinski definition) is 3. The molecule has 0 amide bonds. The molecule has 1 rings (SSSR count). The van der Waals surface area contributed by atoms with Gasteiger partial charge in [-0.3, -0.25) is 0 Å². The van der Waals surface area contributed by atoms with E-state index in [2.05, 4.69) is 45.0 Å². The van der Waals surface area contributed by atoms with E-state index >= 15 is 0 Å². The van der Waals surface area contributed by atoms with Crippen molar-refractivity contribution in [1.82, 2.24) is 0 Å². The van der Waals surface area contributed by atoms with Gasteiger partial charge in [-0.1, -0.05) is 32.9 Å². The number of aliphatic hydroxyl groups excluding tert-OH is 1. The van der Waals surface area contributed by atoms with Crippen LogP contribution in [0.25, 0.3) is 0 Å². The van der Waals surface area contributed by atoms with Crippen LogP contribution in [0.2, 0.25) is 0 Å². The number of thioether (sulfide) groups is 1. The van der Waals surface area contributed by atoms with E-state index in [0.29, 0.717) is 6.54 Å². The van der Waals surface area contributed by atoms with Crippen molar-refractivity contribution in [3.63, 3.8) is 0 Å². The summed E-state index contributed by atoms with van der Waals surface area (Å²) < 4.78 is 0. The van der Waals surface area contributed by atoms with Crippen LogP contribution < -0.4 is 5.73 Å². The fourth-order valence-electron chi connectivity index (χ4n) is 1.48. The van der Waals surface area contributed by atoms with Crippen molar-refractivity contribution in [2.75, 3.05) is 12.3 Å². The fourth-order valence-corrected chi connectivity index (χ4v) is 2.44. The van der Waals surface area contributed by atoms with Crippen LogP contribution in [-0.2, 0) is 5.41 Å². The summed E-state index contributed by atoms with van der Waals surface area (Å²) in [5.41, 5.74) is 6.92. The fraction of sp³-hybridized carbons (Fsp3) is 0.571. The van der Waals surface area contributed by atoms with Crippen LogP contribution in [0.5, 0.6) is 0 Å². The lowest BCUT2D eigenvalue weighted by Gasteiger charge is -2.19. The average molecular weight is 253 g/mol. The maximum atomic E-state index is 9.35. The van der Waals surface area contributed by atoms with E-state index in [9.17, 15) is 5.11 Å². The highest BCUT2D eigenvalue weighted by Gasteiger charge is 2.12. The molecule has 0 aliphatic carbocycles. The van der Waals surface area contributed by atoms with E-state index in [1.807, 2.05) is 0 Å². The highest BCUT2D eigenvalue weighted by molar-refractivity contribution is 7.99. The van der Waals surface area contributed by atoms with E-state index in [-0.39, 0.29) is 11.5 Å². The Hall–Kier alpha value is -0.510. The summed E-state index contributed by atoms with van der Waals surface area (Å²) in [5, 5.41) is 9.35. The van der Waals surface area contributed by atoms with E-state index in [1.165, 1.54) is 10.5 Å². The zero-order valence-corrected chi connectivity index (χ0v) is 11.8. The first kappa shape index (κ1) is 14.6.